The number of methoxy groups -OCH3 is 2. The van der Waals surface area contributed by atoms with E-state index in [1.165, 1.54) is 0 Å². The molecule has 158 valence electrons. The van der Waals surface area contributed by atoms with E-state index in [0.717, 1.165) is 32.4 Å². The van der Waals surface area contributed by atoms with Crippen molar-refractivity contribution in [2.24, 2.45) is 0 Å². The van der Waals surface area contributed by atoms with Gasteiger partial charge in [0, 0.05) is 6.07 Å². The predicted octanol–water partition coefficient (Wildman–Crippen LogP) is 5.24. The van der Waals surface area contributed by atoms with Crippen LogP contribution >= 0.6 is 11.6 Å². The van der Waals surface area contributed by atoms with Crippen LogP contribution < -0.4 is 14.2 Å². The number of rotatable bonds is 5. The predicted molar refractivity (Wildman–Crippen MR) is 85.3 cm³/mol. The molecule has 0 aliphatic carbocycles. The van der Waals surface area contributed by atoms with E-state index in [-0.39, 0.29) is 11.5 Å². The molecule has 0 spiro atoms. The third kappa shape index (κ3) is 5.56. The fraction of sp³-hybridized carbons (Fsp3) is 0.250. The van der Waals surface area contributed by atoms with Gasteiger partial charge in [-0.25, -0.2) is 9.78 Å². The zero-order valence-corrected chi connectivity index (χ0v) is 15.2. The third-order valence-corrected chi connectivity index (χ3v) is 3.50. The van der Waals surface area contributed by atoms with Gasteiger partial charge in [0.1, 0.15) is 10.9 Å². The van der Waals surface area contributed by atoms with E-state index in [2.05, 4.69) is 14.5 Å². The molecule has 0 amide bonds. The van der Waals surface area contributed by atoms with Gasteiger partial charge in [0.15, 0.2) is 22.9 Å². The van der Waals surface area contributed by atoms with Gasteiger partial charge in [-0.05, 0) is 18.2 Å². The van der Waals surface area contributed by atoms with Crippen LogP contribution in [0.15, 0.2) is 24.3 Å². The summed E-state index contributed by atoms with van der Waals surface area (Å²) in [5.41, 5.74) is -2.10. The van der Waals surface area contributed by atoms with Crippen LogP contribution in [0.1, 0.15) is 16.1 Å². The van der Waals surface area contributed by atoms with Gasteiger partial charge in [-0.15, -0.1) is 13.2 Å². The Hall–Kier alpha value is -2.89. The second-order valence-corrected chi connectivity index (χ2v) is 5.48. The van der Waals surface area contributed by atoms with Crippen LogP contribution in [0.2, 0.25) is 5.15 Å². The summed E-state index contributed by atoms with van der Waals surface area (Å²) >= 11 is 5.49. The molecule has 0 aliphatic heterocycles. The molecule has 0 bridgehead atoms. The van der Waals surface area contributed by atoms with Crippen LogP contribution in [0.4, 0.5) is 26.3 Å². The van der Waals surface area contributed by atoms with Crippen LogP contribution in [0, 0.1) is 0 Å². The molecule has 0 N–H and O–H groups in total. The summed E-state index contributed by atoms with van der Waals surface area (Å²) < 4.78 is 94.5. The lowest BCUT2D eigenvalue weighted by atomic mass is 10.2. The number of aromatic nitrogens is 1. The maximum atomic E-state index is 13.1. The van der Waals surface area contributed by atoms with E-state index in [1.807, 2.05) is 0 Å². The highest BCUT2D eigenvalue weighted by molar-refractivity contribution is 6.30. The van der Waals surface area contributed by atoms with Crippen molar-refractivity contribution < 1.29 is 50.1 Å². The van der Waals surface area contributed by atoms with Crippen molar-refractivity contribution >= 4 is 17.6 Å². The minimum Gasteiger partial charge on any atom is -0.493 e. The summed E-state index contributed by atoms with van der Waals surface area (Å²) in [4.78, 5) is 15.2. The van der Waals surface area contributed by atoms with Crippen molar-refractivity contribution in [2.45, 2.75) is 12.5 Å². The number of nitrogens with zero attached hydrogens (tertiary/aromatic N) is 1. The Morgan fingerprint density at radius 2 is 1.66 bits per heavy atom. The number of esters is 1. The highest BCUT2D eigenvalue weighted by Crippen LogP contribution is 2.41. The lowest BCUT2D eigenvalue weighted by Crippen LogP contribution is -2.17. The molecule has 6 nitrogen and oxygen atoms in total. The lowest BCUT2D eigenvalue weighted by Gasteiger charge is -2.16. The maximum Gasteiger partial charge on any atom is 0.573 e. The topological polar surface area (TPSA) is 66.9 Å². The first kappa shape index (κ1) is 22.4. The highest BCUT2D eigenvalue weighted by atomic mass is 35.5. The Kier molecular flexibility index (Phi) is 6.36. The van der Waals surface area contributed by atoms with Gasteiger partial charge in [0.05, 0.1) is 19.8 Å². The monoisotopic (exact) mass is 445 g/mol. The molecule has 0 unspecified atom stereocenters. The summed E-state index contributed by atoms with van der Waals surface area (Å²) in [6, 6.07) is 2.95. The van der Waals surface area contributed by atoms with E-state index in [1.54, 1.807) is 0 Å². The van der Waals surface area contributed by atoms with Crippen molar-refractivity contribution in [3.8, 4) is 23.0 Å². The van der Waals surface area contributed by atoms with Gasteiger partial charge in [0.25, 0.3) is 0 Å². The number of ether oxygens (including phenoxy) is 4. The molecule has 29 heavy (non-hydrogen) atoms. The zero-order chi connectivity index (χ0) is 22.0. The largest absolute Gasteiger partial charge is 0.573 e. The fourth-order valence-electron chi connectivity index (χ4n) is 2.04. The number of halogens is 7. The standard InChI is InChI=1S/C16H10ClF6NO5/c1-26-10-5-7(29-16(21,22)23)3-4-9(10)28-11-6-8(15(18,19)20)13(17)24-12(11)14(25)27-2/h3-6H,1-2H3. The lowest BCUT2D eigenvalue weighted by molar-refractivity contribution is -0.274. The van der Waals surface area contributed by atoms with Crippen molar-refractivity contribution in [1.29, 1.82) is 0 Å². The number of carbonyl (C=O) groups is 1. The molecule has 1 heterocycles. The second-order valence-electron chi connectivity index (χ2n) is 5.13. The number of pyridine rings is 1. The van der Waals surface area contributed by atoms with Gasteiger partial charge >= 0.3 is 18.5 Å². The number of benzene rings is 1. The first-order valence-corrected chi connectivity index (χ1v) is 7.71. The first-order valence-electron chi connectivity index (χ1n) is 7.33. The van der Waals surface area contributed by atoms with Crippen LogP contribution in [0.5, 0.6) is 23.0 Å². The summed E-state index contributed by atoms with van der Waals surface area (Å²) in [5.74, 6) is -3.20. The van der Waals surface area contributed by atoms with E-state index in [0.29, 0.717) is 6.07 Å². The summed E-state index contributed by atoms with van der Waals surface area (Å²) in [7, 11) is 2.02. The summed E-state index contributed by atoms with van der Waals surface area (Å²) in [6.45, 7) is 0. The van der Waals surface area contributed by atoms with Gasteiger partial charge in [-0.2, -0.15) is 13.2 Å². The van der Waals surface area contributed by atoms with Crippen molar-refractivity contribution in [3.63, 3.8) is 0 Å². The molecular weight excluding hydrogens is 436 g/mol. The first-order chi connectivity index (χ1) is 13.4. The van der Waals surface area contributed by atoms with Gasteiger partial charge < -0.3 is 18.9 Å². The molecule has 0 radical (unpaired) electrons. The molecule has 1 aromatic carbocycles. The van der Waals surface area contributed by atoms with Gasteiger partial charge in [-0.1, -0.05) is 11.6 Å². The molecule has 13 heteroatoms. The molecule has 2 rings (SSSR count). The molecule has 0 saturated heterocycles. The molecule has 0 atom stereocenters. The second kappa shape index (κ2) is 8.23. The van der Waals surface area contributed by atoms with Gasteiger partial charge in [-0.3, -0.25) is 0 Å². The third-order valence-electron chi connectivity index (χ3n) is 3.21. The van der Waals surface area contributed by atoms with E-state index < -0.39 is 46.4 Å². The molecule has 0 fully saturated rings. The van der Waals surface area contributed by atoms with Crippen LogP contribution in [0.3, 0.4) is 0 Å². The number of hydrogen-bond acceptors (Lipinski definition) is 6. The average Bonchev–Trinajstić information content (AvgIpc) is 2.61. The van der Waals surface area contributed by atoms with Crippen molar-refractivity contribution in [2.75, 3.05) is 14.2 Å². The highest BCUT2D eigenvalue weighted by Gasteiger charge is 2.36. The molecular formula is C16H10ClF6NO5. The zero-order valence-electron chi connectivity index (χ0n) is 14.4. The van der Waals surface area contributed by atoms with Crippen molar-refractivity contribution in [1.82, 2.24) is 4.98 Å². The summed E-state index contributed by atoms with van der Waals surface area (Å²) in [5, 5.41) is -1.02. The fourth-order valence-corrected chi connectivity index (χ4v) is 2.29. The molecule has 0 saturated carbocycles. The van der Waals surface area contributed by atoms with E-state index >= 15 is 0 Å². The van der Waals surface area contributed by atoms with Crippen LogP contribution in [-0.4, -0.2) is 31.5 Å². The van der Waals surface area contributed by atoms with Crippen LogP contribution in [0.25, 0.3) is 0 Å². The quantitative estimate of drug-likeness (QED) is 0.356. The van der Waals surface area contributed by atoms with Gasteiger partial charge in [0.2, 0.25) is 0 Å². The SMILES string of the molecule is COC(=O)c1nc(Cl)c(C(F)(F)F)cc1Oc1ccc(OC(F)(F)F)cc1OC. The van der Waals surface area contributed by atoms with Crippen LogP contribution in [-0.2, 0) is 10.9 Å². The average molecular weight is 446 g/mol. The normalized spacial score (nSPS) is 11.8. The minimum absolute atomic E-state index is 0.328. The summed E-state index contributed by atoms with van der Waals surface area (Å²) in [6.07, 6.45) is -9.90. The van der Waals surface area contributed by atoms with E-state index in [4.69, 9.17) is 21.1 Å². The Morgan fingerprint density at radius 3 is 2.17 bits per heavy atom. The smallest absolute Gasteiger partial charge is 0.493 e. The van der Waals surface area contributed by atoms with Crippen molar-refractivity contribution in [3.05, 3.63) is 40.7 Å². The number of hydrogen-bond donors (Lipinski definition) is 0. The van der Waals surface area contributed by atoms with E-state index in [9.17, 15) is 31.1 Å². The molecule has 0 aliphatic rings. The Labute approximate surface area is 163 Å². The molecule has 2 aromatic rings. The molecule has 1 aromatic heterocycles. The minimum atomic E-state index is -4.98. The Morgan fingerprint density at radius 1 is 1.00 bits per heavy atom. The number of alkyl halides is 6. The Bertz CT molecular complexity index is 916. The maximum absolute atomic E-state index is 13.1. The Balaban J connectivity index is 2.53. The number of carbonyl (C=O) groups excluding carboxylic acids is 1.